The van der Waals surface area contributed by atoms with Gasteiger partial charge in [0.25, 0.3) is 6.43 Å². The minimum absolute atomic E-state index is 0.212. The van der Waals surface area contributed by atoms with E-state index in [1.807, 2.05) is 4.94 Å². The molecule has 0 aliphatic carbocycles. The molecule has 0 aromatic rings. The fourth-order valence-electron chi connectivity index (χ4n) is 1.42. The summed E-state index contributed by atoms with van der Waals surface area (Å²) in [6.45, 7) is 2.42. The van der Waals surface area contributed by atoms with Gasteiger partial charge in [0, 0.05) is 10.9 Å². The van der Waals surface area contributed by atoms with Crippen LogP contribution in [0.2, 0.25) is 0 Å². The molecule has 0 rings (SSSR count). The van der Waals surface area contributed by atoms with E-state index in [4.69, 9.17) is 4.79 Å². The Balaban J connectivity index is 0. The number of alkyl halides is 14. The lowest BCUT2D eigenvalue weighted by Gasteiger charge is -2.42. The van der Waals surface area contributed by atoms with Crippen LogP contribution in [-0.2, 0) is 9.68 Å². The second-order valence-corrected chi connectivity index (χ2v) is 4.76. The largest absolute Gasteiger partial charge is 0.531 e. The van der Waals surface area contributed by atoms with Gasteiger partial charge in [-0.25, -0.2) is 22.9 Å². The number of carbonyl (C=O) groups excluding carboxylic acids is 1. The van der Waals surface area contributed by atoms with E-state index in [0.29, 0.717) is 0 Å². The summed E-state index contributed by atoms with van der Waals surface area (Å²) < 4.78 is 199. The van der Waals surface area contributed by atoms with Crippen molar-refractivity contribution in [2.24, 2.45) is 0 Å². The average molecular weight is 490 g/mol. The first kappa shape index (κ1) is 30.2. The van der Waals surface area contributed by atoms with Gasteiger partial charge in [-0.15, -0.1) is 11.0 Å². The highest BCUT2D eigenvalue weighted by Crippen LogP contribution is 2.57. The molecule has 0 saturated carbocycles. The van der Waals surface area contributed by atoms with Crippen molar-refractivity contribution >= 4 is 6.22 Å². The molecule has 0 aliphatic heterocycles. The molecule has 180 valence electrons. The van der Waals surface area contributed by atoms with Crippen molar-refractivity contribution in [1.82, 2.24) is 0 Å². The summed E-state index contributed by atoms with van der Waals surface area (Å²) in [5, 5.41) is 0. The van der Waals surface area contributed by atoms with E-state index in [1.54, 1.807) is 4.74 Å². The van der Waals surface area contributed by atoms with Crippen LogP contribution in [0.4, 0.5) is 75.2 Å². The van der Waals surface area contributed by atoms with Crippen LogP contribution in [0.25, 0.3) is 0 Å². The summed E-state index contributed by atoms with van der Waals surface area (Å²) in [7, 11) is 0. The van der Waals surface area contributed by atoms with Crippen LogP contribution < -0.4 is 0 Å². The van der Waals surface area contributed by atoms with Crippen molar-refractivity contribution < 1.29 is 84.9 Å². The van der Waals surface area contributed by atoms with Crippen LogP contribution in [-0.4, -0.2) is 48.6 Å². The quantitative estimate of drug-likeness (QED) is 0.241. The normalized spacial score (nSPS) is 17.4. The lowest BCUT2D eigenvalue weighted by Crippen LogP contribution is -2.69. The number of hydrogen-bond acceptors (Lipinski definition) is 3. The van der Waals surface area contributed by atoms with Gasteiger partial charge < -0.3 is 0 Å². The predicted octanol–water partition coefficient (Wildman–Crippen LogP) is 6.55. The fraction of sp³-hybridized carbons (Fsp3) is 0.727. The number of halogens is 16. The maximum atomic E-state index is 13.9. The van der Waals surface area contributed by atoms with E-state index in [1.165, 1.54) is 0 Å². The van der Waals surface area contributed by atoms with Gasteiger partial charge >= 0.3 is 36.5 Å². The number of allylic oxidation sites excluding steroid dienone is 1. The first-order chi connectivity index (χ1) is 13.0. The van der Waals surface area contributed by atoms with Crippen LogP contribution in [0.1, 0.15) is 6.42 Å². The SMILES string of the molecule is C=CCC(F)(C(F)F)C(F)(OC(F)(C(F)(F)F)C(F)(F)F)C(F)(F)F.O=C(F)OF. The Bertz CT molecular complexity index is 566. The highest BCUT2D eigenvalue weighted by atomic mass is 19.4. The zero-order chi connectivity index (χ0) is 25.0. The second kappa shape index (κ2) is 9.46. The smallest absolute Gasteiger partial charge is 0.284 e. The molecule has 0 N–H and O–H groups in total. The van der Waals surface area contributed by atoms with Gasteiger partial charge in [-0.05, 0) is 0 Å². The van der Waals surface area contributed by atoms with E-state index < -0.39 is 55.0 Å². The Labute approximate surface area is 154 Å². The van der Waals surface area contributed by atoms with Gasteiger partial charge in [0.15, 0.2) is 0 Å². The molecular weight excluding hydrogens is 484 g/mol. The molecule has 0 bridgehead atoms. The highest BCUT2D eigenvalue weighted by molar-refractivity contribution is 5.56. The number of ether oxygens (including phenoxy) is 1. The average Bonchev–Trinajstić information content (AvgIpc) is 2.51. The van der Waals surface area contributed by atoms with Crippen LogP contribution in [0.15, 0.2) is 12.7 Å². The van der Waals surface area contributed by atoms with E-state index in [2.05, 4.69) is 6.58 Å². The fourth-order valence-corrected chi connectivity index (χ4v) is 1.42. The molecule has 0 saturated heterocycles. The number of rotatable bonds is 6. The molecule has 0 aromatic heterocycles. The molecule has 2 unspecified atom stereocenters. The summed E-state index contributed by atoms with van der Waals surface area (Å²) >= 11 is 0. The van der Waals surface area contributed by atoms with Crippen molar-refractivity contribution in [1.29, 1.82) is 0 Å². The van der Waals surface area contributed by atoms with Gasteiger partial charge in [0.1, 0.15) is 0 Å². The predicted molar refractivity (Wildman–Crippen MR) is 60.3 cm³/mol. The van der Waals surface area contributed by atoms with Crippen molar-refractivity contribution in [3.05, 3.63) is 12.7 Å². The van der Waals surface area contributed by atoms with E-state index in [0.717, 1.165) is 0 Å². The summed E-state index contributed by atoms with van der Waals surface area (Å²) in [6.07, 6.45) is -32.4. The van der Waals surface area contributed by atoms with Crippen molar-refractivity contribution in [2.75, 3.05) is 0 Å². The Morgan fingerprint density at radius 1 is 0.800 bits per heavy atom. The molecule has 0 aromatic carbocycles. The summed E-state index contributed by atoms with van der Waals surface area (Å²) in [6, 6.07) is 0. The maximum Gasteiger partial charge on any atom is 0.531 e. The van der Waals surface area contributed by atoms with Gasteiger partial charge in [-0.2, -0.15) is 48.3 Å². The zero-order valence-electron chi connectivity index (χ0n) is 13.3. The lowest BCUT2D eigenvalue weighted by molar-refractivity contribution is -0.509. The summed E-state index contributed by atoms with van der Waals surface area (Å²) in [5.41, 5.74) is -5.87. The van der Waals surface area contributed by atoms with Gasteiger partial charge in [0.2, 0.25) is 5.67 Å². The van der Waals surface area contributed by atoms with Crippen LogP contribution in [0, 0.1) is 0 Å². The third-order valence-corrected chi connectivity index (χ3v) is 2.76. The topological polar surface area (TPSA) is 35.5 Å². The first-order valence-electron chi connectivity index (χ1n) is 6.32. The lowest BCUT2D eigenvalue weighted by atomic mass is 9.91. The standard InChI is InChI=1S/C10H6F14O.CF2O2/c1-2-3-5(13,4(11)12)6(14,8(16,17)18)25-7(15,9(19,20)21)10(22,23)24;2-1(4)5-3/h2,4H,1,3H2;. The molecule has 0 radical (unpaired) electrons. The summed E-state index contributed by atoms with van der Waals surface area (Å²) in [4.78, 5) is 10.5. The molecular formula is C11H6F16O3. The molecule has 30 heavy (non-hydrogen) atoms. The van der Waals surface area contributed by atoms with E-state index >= 15 is 0 Å². The van der Waals surface area contributed by atoms with E-state index in [9.17, 15) is 70.4 Å². The Morgan fingerprint density at radius 2 is 1.10 bits per heavy atom. The molecule has 0 aliphatic rings. The van der Waals surface area contributed by atoms with Gasteiger partial charge in [-0.1, -0.05) is 6.08 Å². The molecule has 0 spiro atoms. The van der Waals surface area contributed by atoms with Crippen molar-refractivity contribution in [3.63, 3.8) is 0 Å². The van der Waals surface area contributed by atoms with Crippen LogP contribution >= 0.6 is 0 Å². The molecule has 0 heterocycles. The molecule has 0 fully saturated rings. The van der Waals surface area contributed by atoms with Crippen LogP contribution in [0.5, 0.6) is 0 Å². The van der Waals surface area contributed by atoms with Gasteiger partial charge in [-0.3, -0.25) is 4.74 Å². The van der Waals surface area contributed by atoms with Crippen molar-refractivity contribution in [3.8, 4) is 0 Å². The number of hydrogen-bond donors (Lipinski definition) is 0. The Morgan fingerprint density at radius 3 is 1.27 bits per heavy atom. The van der Waals surface area contributed by atoms with Gasteiger partial charge in [0.05, 0.1) is 0 Å². The number of carbonyl (C=O) groups is 1. The molecule has 2 atom stereocenters. The molecule has 0 amide bonds. The second-order valence-electron chi connectivity index (χ2n) is 4.76. The maximum absolute atomic E-state index is 13.9. The van der Waals surface area contributed by atoms with E-state index in [-0.39, 0.29) is 6.08 Å². The monoisotopic (exact) mass is 490 g/mol. The molecule has 3 nitrogen and oxygen atoms in total. The zero-order valence-corrected chi connectivity index (χ0v) is 13.3. The Kier molecular flexibility index (Phi) is 9.54. The minimum atomic E-state index is -7.45. The van der Waals surface area contributed by atoms with Crippen molar-refractivity contribution in [2.45, 2.75) is 48.8 Å². The highest BCUT2D eigenvalue weighted by Gasteiger charge is 2.84. The third-order valence-electron chi connectivity index (χ3n) is 2.76. The first-order valence-corrected chi connectivity index (χ1v) is 6.32. The minimum Gasteiger partial charge on any atom is -0.284 e. The third kappa shape index (κ3) is 6.03. The Hall–Kier alpha value is -1.95. The van der Waals surface area contributed by atoms with Crippen LogP contribution in [0.3, 0.4) is 0 Å². The molecule has 19 heteroatoms. The summed E-state index contributed by atoms with van der Waals surface area (Å²) in [5.74, 6) is -14.5.